The number of nitrogens with two attached hydrogens (primary N) is 1. The molecule has 0 aliphatic heterocycles. The monoisotopic (exact) mass is 268 g/mol. The van der Waals surface area contributed by atoms with Crippen LogP contribution in [-0.4, -0.2) is 19.0 Å². The van der Waals surface area contributed by atoms with Crippen LogP contribution < -0.4 is 11.1 Å². The Morgan fingerprint density at radius 3 is 2.47 bits per heavy atom. The van der Waals surface area contributed by atoms with Gasteiger partial charge in [0.1, 0.15) is 0 Å². The Morgan fingerprint density at radius 1 is 1.26 bits per heavy atom. The average molecular weight is 268 g/mol. The van der Waals surface area contributed by atoms with Gasteiger partial charge >= 0.3 is 0 Å². The first-order chi connectivity index (χ1) is 9.15. The molecule has 0 spiro atoms. The van der Waals surface area contributed by atoms with Gasteiger partial charge in [-0.15, -0.1) is 0 Å². The van der Waals surface area contributed by atoms with Crippen LogP contribution in [-0.2, 0) is 4.79 Å². The van der Waals surface area contributed by atoms with E-state index < -0.39 is 0 Å². The molecule has 0 heterocycles. The molecule has 1 aliphatic carbocycles. The molecule has 0 saturated heterocycles. The quantitative estimate of drug-likeness (QED) is 0.639. The molecule has 1 amide bonds. The molecular weight excluding hydrogens is 236 g/mol. The van der Waals surface area contributed by atoms with Crippen molar-refractivity contribution in [2.45, 2.75) is 71.6 Å². The second-order valence-corrected chi connectivity index (χ2v) is 6.25. The van der Waals surface area contributed by atoms with Crippen LogP contribution >= 0.6 is 0 Å². The Morgan fingerprint density at radius 2 is 2.00 bits per heavy atom. The van der Waals surface area contributed by atoms with Crippen LogP contribution in [0, 0.1) is 11.3 Å². The molecular formula is C16H32N2O. The van der Waals surface area contributed by atoms with Crippen LogP contribution in [0.5, 0.6) is 0 Å². The van der Waals surface area contributed by atoms with Crippen LogP contribution in [0.15, 0.2) is 0 Å². The van der Waals surface area contributed by atoms with Crippen molar-refractivity contribution in [3.63, 3.8) is 0 Å². The largest absolute Gasteiger partial charge is 0.356 e. The van der Waals surface area contributed by atoms with E-state index in [0.717, 1.165) is 25.9 Å². The van der Waals surface area contributed by atoms with E-state index in [2.05, 4.69) is 19.2 Å². The van der Waals surface area contributed by atoms with Crippen molar-refractivity contribution in [1.82, 2.24) is 5.32 Å². The summed E-state index contributed by atoms with van der Waals surface area (Å²) in [6.07, 6.45) is 10.2. The van der Waals surface area contributed by atoms with Gasteiger partial charge < -0.3 is 11.1 Å². The van der Waals surface area contributed by atoms with Gasteiger partial charge in [-0.05, 0) is 50.0 Å². The van der Waals surface area contributed by atoms with Gasteiger partial charge in [-0.3, -0.25) is 4.79 Å². The van der Waals surface area contributed by atoms with Gasteiger partial charge in [0.25, 0.3) is 0 Å². The van der Waals surface area contributed by atoms with E-state index in [9.17, 15) is 4.79 Å². The highest BCUT2D eigenvalue weighted by atomic mass is 16.1. The molecule has 1 fully saturated rings. The lowest BCUT2D eigenvalue weighted by atomic mass is 9.67. The van der Waals surface area contributed by atoms with Gasteiger partial charge in [0, 0.05) is 13.0 Å². The smallest absolute Gasteiger partial charge is 0.220 e. The maximum Gasteiger partial charge on any atom is 0.220 e. The lowest BCUT2D eigenvalue weighted by Gasteiger charge is -2.41. The van der Waals surface area contributed by atoms with E-state index in [1.807, 2.05) is 0 Å². The van der Waals surface area contributed by atoms with Crippen molar-refractivity contribution in [2.24, 2.45) is 17.1 Å². The van der Waals surface area contributed by atoms with Crippen molar-refractivity contribution < 1.29 is 4.79 Å². The molecule has 1 unspecified atom stereocenters. The van der Waals surface area contributed by atoms with Crippen molar-refractivity contribution in [3.05, 3.63) is 0 Å². The summed E-state index contributed by atoms with van der Waals surface area (Å²) >= 11 is 0. The molecule has 0 aromatic heterocycles. The van der Waals surface area contributed by atoms with Crippen LogP contribution in [0.4, 0.5) is 0 Å². The number of carbonyl (C=O) groups is 1. The Balaban J connectivity index is 2.19. The molecule has 1 aliphatic rings. The number of hydrogen-bond donors (Lipinski definition) is 2. The number of rotatable bonds is 10. The molecule has 3 N–H and O–H groups in total. The zero-order valence-corrected chi connectivity index (χ0v) is 12.8. The summed E-state index contributed by atoms with van der Waals surface area (Å²) in [5.74, 6) is 0.863. The summed E-state index contributed by atoms with van der Waals surface area (Å²) in [7, 11) is 0. The number of nitrogens with one attached hydrogen (secondary N) is 1. The summed E-state index contributed by atoms with van der Waals surface area (Å²) in [6.45, 7) is 6.07. The van der Waals surface area contributed by atoms with E-state index in [0.29, 0.717) is 17.8 Å². The SMILES string of the molecule is CCCC(CCN)CCC(=O)NCC1(CC)CCC1. The fourth-order valence-corrected chi connectivity index (χ4v) is 3.12. The third kappa shape index (κ3) is 5.52. The van der Waals surface area contributed by atoms with Gasteiger partial charge in [0.05, 0.1) is 0 Å². The fraction of sp³-hybridized carbons (Fsp3) is 0.938. The third-order valence-electron chi connectivity index (χ3n) is 4.88. The molecule has 1 rings (SSSR count). The Hall–Kier alpha value is -0.570. The normalized spacial score (nSPS) is 18.7. The molecule has 0 aromatic rings. The third-order valence-corrected chi connectivity index (χ3v) is 4.88. The first-order valence-electron chi connectivity index (χ1n) is 8.12. The standard InChI is InChI=1S/C16H32N2O/c1-3-6-14(9-12-17)7-8-15(19)18-13-16(4-2)10-5-11-16/h14H,3-13,17H2,1-2H3,(H,18,19). The summed E-state index contributed by atoms with van der Waals surface area (Å²) in [6, 6.07) is 0. The lowest BCUT2D eigenvalue weighted by Crippen LogP contribution is -2.41. The first kappa shape index (κ1) is 16.5. The summed E-state index contributed by atoms with van der Waals surface area (Å²) in [5.41, 5.74) is 6.05. The zero-order chi connectivity index (χ0) is 14.1. The summed E-state index contributed by atoms with van der Waals surface area (Å²) < 4.78 is 0. The Bertz CT molecular complexity index is 250. The zero-order valence-electron chi connectivity index (χ0n) is 12.8. The topological polar surface area (TPSA) is 55.1 Å². The summed E-state index contributed by atoms with van der Waals surface area (Å²) in [4.78, 5) is 11.9. The predicted molar refractivity (Wildman–Crippen MR) is 80.9 cm³/mol. The van der Waals surface area contributed by atoms with Crippen molar-refractivity contribution in [2.75, 3.05) is 13.1 Å². The van der Waals surface area contributed by atoms with Crippen molar-refractivity contribution in [3.8, 4) is 0 Å². The van der Waals surface area contributed by atoms with Crippen LogP contribution in [0.25, 0.3) is 0 Å². The lowest BCUT2D eigenvalue weighted by molar-refractivity contribution is -0.122. The van der Waals surface area contributed by atoms with Crippen molar-refractivity contribution in [1.29, 1.82) is 0 Å². The Labute approximate surface area is 118 Å². The second kappa shape index (κ2) is 8.57. The van der Waals surface area contributed by atoms with E-state index in [4.69, 9.17) is 5.73 Å². The summed E-state index contributed by atoms with van der Waals surface area (Å²) in [5, 5.41) is 3.15. The molecule has 3 nitrogen and oxygen atoms in total. The second-order valence-electron chi connectivity index (χ2n) is 6.25. The minimum Gasteiger partial charge on any atom is -0.356 e. The molecule has 112 valence electrons. The molecule has 3 heteroatoms. The number of hydrogen-bond acceptors (Lipinski definition) is 2. The van der Waals surface area contributed by atoms with Gasteiger partial charge in [-0.2, -0.15) is 0 Å². The maximum absolute atomic E-state index is 11.9. The molecule has 1 saturated carbocycles. The van der Waals surface area contributed by atoms with E-state index in [1.165, 1.54) is 38.5 Å². The first-order valence-corrected chi connectivity index (χ1v) is 8.12. The molecule has 19 heavy (non-hydrogen) atoms. The number of carbonyl (C=O) groups excluding carboxylic acids is 1. The number of amides is 1. The highest BCUT2D eigenvalue weighted by Crippen LogP contribution is 2.43. The highest BCUT2D eigenvalue weighted by Gasteiger charge is 2.35. The predicted octanol–water partition coefficient (Wildman–Crippen LogP) is 3.23. The minimum absolute atomic E-state index is 0.234. The van der Waals surface area contributed by atoms with Crippen molar-refractivity contribution >= 4 is 5.91 Å². The van der Waals surface area contributed by atoms with Gasteiger partial charge in [-0.25, -0.2) is 0 Å². The highest BCUT2D eigenvalue weighted by molar-refractivity contribution is 5.75. The maximum atomic E-state index is 11.9. The van der Waals surface area contributed by atoms with E-state index >= 15 is 0 Å². The van der Waals surface area contributed by atoms with Gasteiger partial charge in [-0.1, -0.05) is 33.1 Å². The van der Waals surface area contributed by atoms with E-state index in [-0.39, 0.29) is 5.91 Å². The molecule has 1 atom stereocenters. The average Bonchev–Trinajstić information content (AvgIpc) is 2.36. The van der Waals surface area contributed by atoms with E-state index in [1.54, 1.807) is 0 Å². The molecule has 0 aromatic carbocycles. The minimum atomic E-state index is 0.234. The van der Waals surface area contributed by atoms with Crippen LogP contribution in [0.3, 0.4) is 0 Å². The van der Waals surface area contributed by atoms with Gasteiger partial charge in [0.2, 0.25) is 5.91 Å². The van der Waals surface area contributed by atoms with Crippen LogP contribution in [0.2, 0.25) is 0 Å². The molecule has 0 radical (unpaired) electrons. The van der Waals surface area contributed by atoms with Gasteiger partial charge in [0.15, 0.2) is 0 Å². The Kier molecular flexibility index (Phi) is 7.44. The van der Waals surface area contributed by atoms with Crippen LogP contribution in [0.1, 0.15) is 71.6 Å². The molecule has 0 bridgehead atoms. The fourth-order valence-electron chi connectivity index (χ4n) is 3.12.